The molecule has 0 atom stereocenters. The van der Waals surface area contributed by atoms with Crippen LogP contribution in [0.25, 0.3) is 0 Å². The van der Waals surface area contributed by atoms with Crippen molar-refractivity contribution < 1.29 is 9.53 Å². The number of hydrogen-bond acceptors (Lipinski definition) is 2. The topological polar surface area (TPSA) is 31.2 Å². The lowest BCUT2D eigenvalue weighted by molar-refractivity contribution is 0.0920. The number of ketones is 1. The van der Waals surface area contributed by atoms with Gasteiger partial charge >= 0.3 is 0 Å². The van der Waals surface area contributed by atoms with E-state index >= 15 is 0 Å². The number of para-hydroxylation sites is 1. The molecule has 0 amide bonds. The lowest BCUT2D eigenvalue weighted by Gasteiger charge is -2.08. The molecule has 2 rings (SSSR count). The van der Waals surface area contributed by atoms with Crippen molar-refractivity contribution in [2.75, 3.05) is 6.61 Å². The minimum Gasteiger partial charge on any atom is -0.485 e. The van der Waals surface area contributed by atoms with Crippen molar-refractivity contribution in [1.82, 2.24) is 4.57 Å². The van der Waals surface area contributed by atoms with Crippen LogP contribution < -0.4 is 4.74 Å². The average molecular weight is 257 g/mol. The van der Waals surface area contributed by atoms with E-state index < -0.39 is 0 Å². The largest absolute Gasteiger partial charge is 0.485 e. The Morgan fingerprint density at radius 2 is 1.89 bits per heavy atom. The van der Waals surface area contributed by atoms with Crippen molar-refractivity contribution in [1.29, 1.82) is 0 Å². The third-order valence-electron chi connectivity index (χ3n) is 3.53. The molecule has 3 heteroatoms. The molecule has 1 aromatic carbocycles. The van der Waals surface area contributed by atoms with E-state index in [4.69, 9.17) is 4.74 Å². The maximum atomic E-state index is 12.2. The normalized spacial score (nSPS) is 10.5. The van der Waals surface area contributed by atoms with Crippen molar-refractivity contribution in [2.45, 2.75) is 20.8 Å². The SMILES string of the molecule is Cc1ccccc1OCC(=O)c1cc(C)n(C)c1C. The number of carbonyl (C=O) groups is 1. The molecule has 0 aliphatic carbocycles. The van der Waals surface area contributed by atoms with Gasteiger partial charge < -0.3 is 9.30 Å². The van der Waals surface area contributed by atoms with Gasteiger partial charge in [-0.2, -0.15) is 0 Å². The number of benzene rings is 1. The van der Waals surface area contributed by atoms with Gasteiger partial charge in [-0.3, -0.25) is 4.79 Å². The molecule has 0 aliphatic rings. The lowest BCUT2D eigenvalue weighted by atomic mass is 10.1. The van der Waals surface area contributed by atoms with Crippen LogP contribution in [0.15, 0.2) is 30.3 Å². The fourth-order valence-corrected chi connectivity index (χ4v) is 2.08. The number of Topliss-reactive ketones (excluding diaryl/α,β-unsaturated/α-hetero) is 1. The standard InChI is InChI=1S/C16H19NO2/c1-11-7-5-6-8-16(11)19-10-15(18)14-9-12(2)17(4)13(14)3/h5-9H,10H2,1-4H3. The highest BCUT2D eigenvalue weighted by Gasteiger charge is 2.14. The van der Waals surface area contributed by atoms with Gasteiger partial charge in [0.05, 0.1) is 0 Å². The van der Waals surface area contributed by atoms with E-state index in [-0.39, 0.29) is 12.4 Å². The Morgan fingerprint density at radius 1 is 1.21 bits per heavy atom. The zero-order valence-electron chi connectivity index (χ0n) is 11.9. The molecule has 0 saturated heterocycles. The summed E-state index contributed by atoms with van der Waals surface area (Å²) in [4.78, 5) is 12.2. The fraction of sp³-hybridized carbons (Fsp3) is 0.312. The fourth-order valence-electron chi connectivity index (χ4n) is 2.08. The Kier molecular flexibility index (Phi) is 3.74. The number of rotatable bonds is 4. The molecule has 0 N–H and O–H groups in total. The summed E-state index contributed by atoms with van der Waals surface area (Å²) in [6, 6.07) is 9.63. The van der Waals surface area contributed by atoms with E-state index in [0.29, 0.717) is 0 Å². The predicted molar refractivity (Wildman–Crippen MR) is 75.9 cm³/mol. The Bertz CT molecular complexity index is 611. The summed E-state index contributed by atoms with van der Waals surface area (Å²) < 4.78 is 7.61. The lowest BCUT2D eigenvalue weighted by Crippen LogP contribution is -2.13. The van der Waals surface area contributed by atoms with Crippen LogP contribution in [-0.2, 0) is 7.05 Å². The average Bonchev–Trinajstić information content (AvgIpc) is 2.65. The Hall–Kier alpha value is -2.03. The minimum absolute atomic E-state index is 0.0180. The zero-order chi connectivity index (χ0) is 14.0. The quantitative estimate of drug-likeness (QED) is 0.787. The van der Waals surface area contributed by atoms with Crippen molar-refractivity contribution in [3.05, 3.63) is 52.8 Å². The van der Waals surface area contributed by atoms with E-state index in [0.717, 1.165) is 28.3 Å². The number of aryl methyl sites for hydroxylation is 2. The Morgan fingerprint density at radius 3 is 2.47 bits per heavy atom. The second kappa shape index (κ2) is 5.31. The van der Waals surface area contributed by atoms with E-state index in [1.165, 1.54) is 0 Å². The molecular formula is C16H19NO2. The second-order valence-electron chi connectivity index (χ2n) is 4.82. The van der Waals surface area contributed by atoms with Gasteiger partial charge in [0, 0.05) is 24.0 Å². The van der Waals surface area contributed by atoms with Crippen LogP contribution in [0.4, 0.5) is 0 Å². The van der Waals surface area contributed by atoms with Crippen LogP contribution in [-0.4, -0.2) is 17.0 Å². The monoisotopic (exact) mass is 257 g/mol. The molecule has 0 bridgehead atoms. The van der Waals surface area contributed by atoms with Gasteiger partial charge in [-0.1, -0.05) is 18.2 Å². The zero-order valence-corrected chi connectivity index (χ0v) is 11.9. The highest BCUT2D eigenvalue weighted by Crippen LogP contribution is 2.18. The van der Waals surface area contributed by atoms with Crippen LogP contribution in [0.2, 0.25) is 0 Å². The van der Waals surface area contributed by atoms with Gasteiger partial charge in [0.1, 0.15) is 5.75 Å². The summed E-state index contributed by atoms with van der Waals surface area (Å²) in [6.07, 6.45) is 0. The third-order valence-corrected chi connectivity index (χ3v) is 3.53. The summed E-state index contributed by atoms with van der Waals surface area (Å²) in [6.45, 7) is 5.99. The van der Waals surface area contributed by atoms with Crippen molar-refractivity contribution in [3.63, 3.8) is 0 Å². The molecule has 100 valence electrons. The molecule has 1 heterocycles. The van der Waals surface area contributed by atoms with Gasteiger partial charge in [0.2, 0.25) is 5.78 Å². The van der Waals surface area contributed by atoms with Crippen molar-refractivity contribution >= 4 is 5.78 Å². The van der Waals surface area contributed by atoms with E-state index in [2.05, 4.69) is 0 Å². The molecule has 0 spiro atoms. The maximum Gasteiger partial charge on any atom is 0.202 e. The smallest absolute Gasteiger partial charge is 0.202 e. The summed E-state index contributed by atoms with van der Waals surface area (Å²) in [5, 5.41) is 0. The highest BCUT2D eigenvalue weighted by molar-refractivity contribution is 5.98. The number of hydrogen-bond donors (Lipinski definition) is 0. The van der Waals surface area contributed by atoms with Gasteiger partial charge in [-0.25, -0.2) is 0 Å². The molecule has 0 radical (unpaired) electrons. The maximum absolute atomic E-state index is 12.2. The first kappa shape index (κ1) is 13.4. The first-order chi connectivity index (χ1) is 9.00. The van der Waals surface area contributed by atoms with Crippen LogP contribution in [0.1, 0.15) is 27.3 Å². The number of aromatic nitrogens is 1. The van der Waals surface area contributed by atoms with Crippen LogP contribution >= 0.6 is 0 Å². The predicted octanol–water partition coefficient (Wildman–Crippen LogP) is 3.21. The summed E-state index contributed by atoms with van der Waals surface area (Å²) >= 11 is 0. The molecule has 1 aromatic heterocycles. The van der Waals surface area contributed by atoms with Gasteiger partial charge in [-0.15, -0.1) is 0 Å². The van der Waals surface area contributed by atoms with Crippen LogP contribution in [0.5, 0.6) is 5.75 Å². The first-order valence-corrected chi connectivity index (χ1v) is 6.35. The summed E-state index contributed by atoms with van der Waals surface area (Å²) in [7, 11) is 1.96. The molecule has 3 nitrogen and oxygen atoms in total. The molecular weight excluding hydrogens is 238 g/mol. The molecule has 2 aromatic rings. The van der Waals surface area contributed by atoms with Gasteiger partial charge in [-0.05, 0) is 38.5 Å². The van der Waals surface area contributed by atoms with Gasteiger partial charge in [0.15, 0.2) is 6.61 Å². The number of carbonyl (C=O) groups excluding carboxylic acids is 1. The summed E-state index contributed by atoms with van der Waals surface area (Å²) in [5.74, 6) is 0.783. The molecule has 0 fully saturated rings. The van der Waals surface area contributed by atoms with Crippen molar-refractivity contribution in [3.8, 4) is 5.75 Å². The molecule has 0 aliphatic heterocycles. The van der Waals surface area contributed by atoms with Crippen LogP contribution in [0.3, 0.4) is 0 Å². The molecule has 0 unspecified atom stereocenters. The Labute approximate surface area is 113 Å². The van der Waals surface area contributed by atoms with E-state index in [9.17, 15) is 4.79 Å². The van der Waals surface area contributed by atoms with Crippen molar-refractivity contribution in [2.24, 2.45) is 7.05 Å². The summed E-state index contributed by atoms with van der Waals surface area (Å²) in [5.41, 5.74) is 3.84. The van der Waals surface area contributed by atoms with E-state index in [1.807, 2.05) is 62.7 Å². The number of nitrogens with zero attached hydrogens (tertiary/aromatic N) is 1. The number of ether oxygens (including phenoxy) is 1. The van der Waals surface area contributed by atoms with E-state index in [1.54, 1.807) is 0 Å². The second-order valence-corrected chi connectivity index (χ2v) is 4.82. The van der Waals surface area contributed by atoms with Crippen LogP contribution in [0, 0.1) is 20.8 Å². The molecule has 19 heavy (non-hydrogen) atoms. The highest BCUT2D eigenvalue weighted by atomic mass is 16.5. The Balaban J connectivity index is 2.10. The first-order valence-electron chi connectivity index (χ1n) is 6.35. The minimum atomic E-state index is 0.0180. The van der Waals surface area contributed by atoms with Gasteiger partial charge in [0.25, 0.3) is 0 Å². The molecule has 0 saturated carbocycles. The third kappa shape index (κ3) is 2.70.